The van der Waals surface area contributed by atoms with E-state index in [9.17, 15) is 0 Å². The van der Waals surface area contributed by atoms with Crippen LogP contribution in [0.15, 0.2) is 0 Å². The van der Waals surface area contributed by atoms with Gasteiger partial charge in [0.1, 0.15) is 11.4 Å². The van der Waals surface area contributed by atoms with Gasteiger partial charge in [-0.25, -0.2) is 9.67 Å². The van der Waals surface area contributed by atoms with Gasteiger partial charge in [0.25, 0.3) is 0 Å². The fraction of sp³-hybridized carbons (Fsp3) is 0.750. The Hall–Kier alpha value is -1.41. The van der Waals surface area contributed by atoms with Crippen LogP contribution in [0.5, 0.6) is 0 Å². The molecule has 94 valence electrons. The Morgan fingerprint density at radius 1 is 1.47 bits per heavy atom. The third-order valence-corrected chi connectivity index (χ3v) is 2.77. The maximum absolute atomic E-state index is 8.95. The zero-order valence-electron chi connectivity index (χ0n) is 11.1. The van der Waals surface area contributed by atoms with Crippen molar-refractivity contribution >= 4 is 0 Å². The Labute approximate surface area is 103 Å². The van der Waals surface area contributed by atoms with Crippen LogP contribution in [0.3, 0.4) is 0 Å². The standard InChI is InChI=1S/C12H21N5/c1-5-10-15-11(6-2)17(16-10)9(3)7-12(4,14)8-13/h9H,5-7,14H2,1-4H3. The number of aryl methyl sites for hydroxylation is 2. The van der Waals surface area contributed by atoms with Gasteiger partial charge in [-0.15, -0.1) is 0 Å². The molecule has 5 heteroatoms. The number of rotatable bonds is 5. The molecule has 0 amide bonds. The van der Waals surface area contributed by atoms with E-state index in [2.05, 4.69) is 23.1 Å². The number of nitrogens with zero attached hydrogens (tertiary/aromatic N) is 4. The van der Waals surface area contributed by atoms with Crippen molar-refractivity contribution in [3.8, 4) is 6.07 Å². The number of nitrogens with two attached hydrogens (primary N) is 1. The molecule has 0 aromatic carbocycles. The zero-order valence-corrected chi connectivity index (χ0v) is 11.1. The van der Waals surface area contributed by atoms with Crippen LogP contribution in [0.25, 0.3) is 0 Å². The quantitative estimate of drug-likeness (QED) is 0.840. The van der Waals surface area contributed by atoms with Gasteiger partial charge in [0.2, 0.25) is 0 Å². The molecule has 0 saturated heterocycles. The first-order valence-corrected chi connectivity index (χ1v) is 6.08. The lowest BCUT2D eigenvalue weighted by molar-refractivity contribution is 0.376. The Balaban J connectivity index is 2.92. The molecule has 1 heterocycles. The minimum atomic E-state index is -0.817. The highest BCUT2D eigenvalue weighted by Crippen LogP contribution is 2.19. The normalized spacial score (nSPS) is 16.2. The summed E-state index contributed by atoms with van der Waals surface area (Å²) in [5, 5.41) is 13.4. The first kappa shape index (κ1) is 13.7. The first-order valence-electron chi connectivity index (χ1n) is 6.08. The molecule has 0 aliphatic rings. The Morgan fingerprint density at radius 3 is 2.59 bits per heavy atom. The third kappa shape index (κ3) is 3.27. The first-order chi connectivity index (χ1) is 7.93. The molecule has 0 spiro atoms. The topological polar surface area (TPSA) is 80.5 Å². The molecule has 2 N–H and O–H groups in total. The van der Waals surface area contributed by atoms with Gasteiger partial charge < -0.3 is 5.73 Å². The van der Waals surface area contributed by atoms with Crippen LogP contribution < -0.4 is 5.73 Å². The van der Waals surface area contributed by atoms with Crippen molar-refractivity contribution < 1.29 is 0 Å². The van der Waals surface area contributed by atoms with Crippen molar-refractivity contribution in [2.24, 2.45) is 5.73 Å². The number of nitriles is 1. The number of hydrogen-bond acceptors (Lipinski definition) is 4. The second-order valence-corrected chi connectivity index (χ2v) is 4.68. The lowest BCUT2D eigenvalue weighted by atomic mass is 9.97. The van der Waals surface area contributed by atoms with Crippen LogP contribution >= 0.6 is 0 Å². The molecule has 1 aromatic rings. The monoisotopic (exact) mass is 235 g/mol. The fourth-order valence-corrected chi connectivity index (χ4v) is 1.89. The summed E-state index contributed by atoms with van der Waals surface area (Å²) >= 11 is 0. The summed E-state index contributed by atoms with van der Waals surface area (Å²) in [6.45, 7) is 7.85. The lowest BCUT2D eigenvalue weighted by Gasteiger charge is -2.21. The van der Waals surface area contributed by atoms with E-state index in [0.717, 1.165) is 24.5 Å². The van der Waals surface area contributed by atoms with Gasteiger partial charge in [0.15, 0.2) is 5.82 Å². The number of hydrogen-bond donors (Lipinski definition) is 1. The van der Waals surface area contributed by atoms with Crippen molar-refractivity contribution in [3.63, 3.8) is 0 Å². The van der Waals surface area contributed by atoms with E-state index in [1.54, 1.807) is 6.92 Å². The molecule has 0 bridgehead atoms. The van der Waals surface area contributed by atoms with Crippen molar-refractivity contribution in [1.29, 1.82) is 5.26 Å². The molecule has 17 heavy (non-hydrogen) atoms. The SMILES string of the molecule is CCc1nc(CC)n(C(C)CC(C)(N)C#N)n1. The van der Waals surface area contributed by atoms with E-state index in [1.165, 1.54) is 0 Å². The van der Waals surface area contributed by atoms with Gasteiger partial charge in [-0.05, 0) is 13.8 Å². The third-order valence-electron chi connectivity index (χ3n) is 2.77. The average Bonchev–Trinajstić information content (AvgIpc) is 2.71. The van der Waals surface area contributed by atoms with Crippen molar-refractivity contribution in [1.82, 2.24) is 14.8 Å². The van der Waals surface area contributed by atoms with E-state index < -0.39 is 5.54 Å². The molecule has 0 aliphatic heterocycles. The summed E-state index contributed by atoms with van der Waals surface area (Å²) in [7, 11) is 0. The predicted octanol–water partition coefficient (Wildman–Crippen LogP) is 1.59. The minimum absolute atomic E-state index is 0.0902. The second-order valence-electron chi connectivity index (χ2n) is 4.68. The van der Waals surface area contributed by atoms with E-state index in [1.807, 2.05) is 18.5 Å². The molecule has 0 radical (unpaired) electrons. The summed E-state index contributed by atoms with van der Waals surface area (Å²) in [4.78, 5) is 4.45. The molecule has 0 aliphatic carbocycles. The number of aromatic nitrogens is 3. The van der Waals surface area contributed by atoms with Crippen molar-refractivity contribution in [2.75, 3.05) is 0 Å². The van der Waals surface area contributed by atoms with Crippen LogP contribution in [0.2, 0.25) is 0 Å². The average molecular weight is 235 g/mol. The Morgan fingerprint density at radius 2 is 2.12 bits per heavy atom. The van der Waals surface area contributed by atoms with Crippen molar-refractivity contribution in [2.45, 2.75) is 58.5 Å². The molecular formula is C12H21N5. The van der Waals surface area contributed by atoms with Crippen LogP contribution in [-0.2, 0) is 12.8 Å². The minimum Gasteiger partial charge on any atom is -0.314 e. The Bertz CT molecular complexity index is 413. The molecule has 0 saturated carbocycles. The van der Waals surface area contributed by atoms with Crippen LogP contribution in [0.1, 0.15) is 51.8 Å². The van der Waals surface area contributed by atoms with E-state index in [-0.39, 0.29) is 6.04 Å². The summed E-state index contributed by atoms with van der Waals surface area (Å²) in [6, 6.07) is 2.21. The van der Waals surface area contributed by atoms with Gasteiger partial charge in [0.05, 0.1) is 12.1 Å². The van der Waals surface area contributed by atoms with Gasteiger partial charge in [-0.2, -0.15) is 10.4 Å². The zero-order chi connectivity index (χ0) is 13.1. The van der Waals surface area contributed by atoms with Gasteiger partial charge in [-0.3, -0.25) is 0 Å². The molecule has 2 unspecified atom stereocenters. The Kier molecular flexibility index (Phi) is 4.24. The largest absolute Gasteiger partial charge is 0.314 e. The summed E-state index contributed by atoms with van der Waals surface area (Å²) in [6.07, 6.45) is 2.24. The highest BCUT2D eigenvalue weighted by atomic mass is 15.4. The maximum atomic E-state index is 8.95. The summed E-state index contributed by atoms with van der Waals surface area (Å²) in [5.74, 6) is 1.81. The second kappa shape index (κ2) is 5.28. The molecule has 2 atom stereocenters. The summed E-state index contributed by atoms with van der Waals surface area (Å²) in [5.41, 5.74) is 5.05. The molecule has 1 aromatic heterocycles. The molecule has 5 nitrogen and oxygen atoms in total. The predicted molar refractivity (Wildman–Crippen MR) is 66.3 cm³/mol. The highest BCUT2D eigenvalue weighted by molar-refractivity contribution is 5.03. The van der Waals surface area contributed by atoms with Gasteiger partial charge in [-0.1, -0.05) is 13.8 Å². The van der Waals surface area contributed by atoms with E-state index in [4.69, 9.17) is 11.0 Å². The van der Waals surface area contributed by atoms with Crippen LogP contribution in [0.4, 0.5) is 0 Å². The maximum Gasteiger partial charge on any atom is 0.150 e. The molecular weight excluding hydrogens is 214 g/mol. The van der Waals surface area contributed by atoms with Gasteiger partial charge in [0, 0.05) is 19.3 Å². The van der Waals surface area contributed by atoms with Gasteiger partial charge >= 0.3 is 0 Å². The highest BCUT2D eigenvalue weighted by Gasteiger charge is 2.24. The fourth-order valence-electron chi connectivity index (χ4n) is 1.89. The van der Waals surface area contributed by atoms with E-state index in [0.29, 0.717) is 6.42 Å². The van der Waals surface area contributed by atoms with Crippen LogP contribution in [-0.4, -0.2) is 20.3 Å². The van der Waals surface area contributed by atoms with Crippen molar-refractivity contribution in [3.05, 3.63) is 11.6 Å². The summed E-state index contributed by atoms with van der Waals surface area (Å²) < 4.78 is 1.90. The smallest absolute Gasteiger partial charge is 0.150 e. The molecule has 0 fully saturated rings. The lowest BCUT2D eigenvalue weighted by Crippen LogP contribution is -2.36. The molecule has 1 rings (SSSR count). The van der Waals surface area contributed by atoms with E-state index >= 15 is 0 Å². The van der Waals surface area contributed by atoms with Crippen LogP contribution in [0, 0.1) is 11.3 Å².